The number of amides is 1. The monoisotopic (exact) mass is 417 g/mol. The van der Waals surface area contributed by atoms with Gasteiger partial charge in [0.25, 0.3) is 0 Å². The van der Waals surface area contributed by atoms with Crippen molar-refractivity contribution in [2.75, 3.05) is 10.2 Å². The summed E-state index contributed by atoms with van der Waals surface area (Å²) in [5, 5.41) is 22.1. The molecule has 1 aliphatic heterocycles. The number of rotatable bonds is 6. The molecule has 4 rings (SSSR count). The first-order valence-electron chi connectivity index (χ1n) is 10.1. The van der Waals surface area contributed by atoms with Crippen LogP contribution in [0, 0.1) is 6.92 Å². The molecule has 2 aromatic carbocycles. The lowest BCUT2D eigenvalue weighted by molar-refractivity contribution is 0.0999. The largest absolute Gasteiger partial charge is 0.488 e. The first-order chi connectivity index (χ1) is 14.8. The van der Waals surface area contributed by atoms with Crippen LogP contribution in [0.2, 0.25) is 0 Å². The van der Waals surface area contributed by atoms with Crippen molar-refractivity contribution < 1.29 is 14.8 Å². The van der Waals surface area contributed by atoms with Crippen LogP contribution in [0.1, 0.15) is 34.0 Å². The van der Waals surface area contributed by atoms with E-state index in [4.69, 9.17) is 10.7 Å². The maximum Gasteiger partial charge on any atom is 0.488 e. The van der Waals surface area contributed by atoms with Crippen molar-refractivity contribution in [1.82, 2.24) is 9.97 Å². The maximum absolute atomic E-state index is 11.8. The van der Waals surface area contributed by atoms with Gasteiger partial charge in [-0.3, -0.25) is 4.79 Å². The fourth-order valence-corrected chi connectivity index (χ4v) is 3.95. The molecular weight excluding hydrogens is 393 g/mol. The molecule has 5 N–H and O–H groups in total. The fraction of sp³-hybridized carbons (Fsp3) is 0.227. The van der Waals surface area contributed by atoms with Crippen LogP contribution in [0.5, 0.6) is 0 Å². The molecule has 9 heteroatoms. The van der Waals surface area contributed by atoms with Gasteiger partial charge in [0.2, 0.25) is 11.9 Å². The standard InChI is InChI=1S/C22H24BN5O3/c1-13-11-26-22(27-21(13)25-12-15-5-3-6-16(10-15)23(30)31)28-14(2)9-18-17(20(24)29)7-4-8-19(18)28/h3-8,10-11,14,30-31H,9,12H2,1-2H3,(H2,24,29)(H,25,26,27). The second-order valence-corrected chi connectivity index (χ2v) is 7.76. The average molecular weight is 417 g/mol. The van der Waals surface area contributed by atoms with Gasteiger partial charge in [0.15, 0.2) is 0 Å². The van der Waals surface area contributed by atoms with E-state index in [0.29, 0.717) is 35.8 Å². The van der Waals surface area contributed by atoms with Crippen molar-refractivity contribution in [3.8, 4) is 0 Å². The topological polar surface area (TPSA) is 125 Å². The smallest absolute Gasteiger partial charge is 0.423 e. The van der Waals surface area contributed by atoms with Gasteiger partial charge in [-0.15, -0.1) is 0 Å². The number of hydrogen-bond acceptors (Lipinski definition) is 7. The molecule has 158 valence electrons. The second-order valence-electron chi connectivity index (χ2n) is 7.76. The molecule has 1 unspecified atom stereocenters. The zero-order valence-corrected chi connectivity index (χ0v) is 17.4. The SMILES string of the molecule is Cc1cnc(N2c3cccc(C(N)=O)c3CC2C)nc1NCc1cccc(B(O)O)c1. The number of carbonyl (C=O) groups is 1. The van der Waals surface area contributed by atoms with Gasteiger partial charge < -0.3 is 26.0 Å². The van der Waals surface area contributed by atoms with Gasteiger partial charge in [0.1, 0.15) is 5.82 Å². The van der Waals surface area contributed by atoms with Crippen molar-refractivity contribution in [2.45, 2.75) is 32.9 Å². The summed E-state index contributed by atoms with van der Waals surface area (Å²) in [4.78, 5) is 23.1. The van der Waals surface area contributed by atoms with E-state index in [9.17, 15) is 14.8 Å². The molecule has 1 amide bonds. The Morgan fingerprint density at radius 1 is 1.29 bits per heavy atom. The number of nitrogens with one attached hydrogen (secondary N) is 1. The van der Waals surface area contributed by atoms with Crippen molar-refractivity contribution in [3.05, 3.63) is 70.9 Å². The van der Waals surface area contributed by atoms with Crippen LogP contribution in [0.3, 0.4) is 0 Å². The Hall–Kier alpha value is -3.43. The first-order valence-corrected chi connectivity index (χ1v) is 10.1. The Morgan fingerprint density at radius 3 is 2.81 bits per heavy atom. The van der Waals surface area contributed by atoms with Gasteiger partial charge in [-0.2, -0.15) is 4.98 Å². The van der Waals surface area contributed by atoms with Crippen LogP contribution < -0.4 is 21.4 Å². The summed E-state index contributed by atoms with van der Waals surface area (Å²) in [6.45, 7) is 4.45. The molecule has 0 fully saturated rings. The zero-order chi connectivity index (χ0) is 22.1. The van der Waals surface area contributed by atoms with Gasteiger partial charge >= 0.3 is 7.12 Å². The molecule has 1 aliphatic rings. The molecule has 31 heavy (non-hydrogen) atoms. The van der Waals surface area contributed by atoms with Crippen LogP contribution in [-0.2, 0) is 13.0 Å². The minimum absolute atomic E-state index is 0.0776. The summed E-state index contributed by atoms with van der Waals surface area (Å²) in [6.07, 6.45) is 2.45. The Bertz CT molecular complexity index is 1140. The second kappa shape index (κ2) is 8.37. The average Bonchev–Trinajstić information content (AvgIpc) is 3.09. The van der Waals surface area contributed by atoms with Gasteiger partial charge in [-0.1, -0.05) is 30.3 Å². The van der Waals surface area contributed by atoms with Crippen LogP contribution in [0.25, 0.3) is 0 Å². The predicted molar refractivity (Wildman–Crippen MR) is 121 cm³/mol. The van der Waals surface area contributed by atoms with Crippen LogP contribution in [0.15, 0.2) is 48.7 Å². The van der Waals surface area contributed by atoms with Crippen LogP contribution in [0.4, 0.5) is 17.5 Å². The lowest BCUT2D eigenvalue weighted by atomic mass is 9.80. The van der Waals surface area contributed by atoms with E-state index < -0.39 is 13.0 Å². The van der Waals surface area contributed by atoms with Gasteiger partial charge in [-0.25, -0.2) is 4.98 Å². The third-order valence-electron chi connectivity index (χ3n) is 5.50. The Morgan fingerprint density at radius 2 is 2.06 bits per heavy atom. The Kier molecular flexibility index (Phi) is 5.62. The molecule has 0 radical (unpaired) electrons. The minimum Gasteiger partial charge on any atom is -0.423 e. The van der Waals surface area contributed by atoms with E-state index in [1.54, 1.807) is 30.5 Å². The van der Waals surface area contributed by atoms with Gasteiger partial charge in [0.05, 0.1) is 0 Å². The predicted octanol–water partition coefficient (Wildman–Crippen LogP) is 1.26. The molecule has 0 bridgehead atoms. The van der Waals surface area contributed by atoms with Crippen molar-refractivity contribution in [1.29, 1.82) is 0 Å². The van der Waals surface area contributed by atoms with Crippen LogP contribution >= 0.6 is 0 Å². The Balaban J connectivity index is 1.61. The quantitative estimate of drug-likeness (QED) is 0.445. The molecule has 0 spiro atoms. The minimum atomic E-state index is -1.51. The summed E-state index contributed by atoms with van der Waals surface area (Å²) in [5.74, 6) is 0.792. The molecule has 3 aromatic rings. The highest BCUT2D eigenvalue weighted by Gasteiger charge is 2.32. The van der Waals surface area contributed by atoms with Gasteiger partial charge in [0, 0.05) is 35.6 Å². The van der Waals surface area contributed by atoms with E-state index in [0.717, 1.165) is 22.4 Å². The van der Waals surface area contributed by atoms with Crippen LogP contribution in [-0.4, -0.2) is 39.1 Å². The number of aromatic nitrogens is 2. The molecule has 1 atom stereocenters. The number of primary amides is 1. The Labute approximate surface area is 180 Å². The molecule has 2 heterocycles. The molecule has 1 aromatic heterocycles. The van der Waals surface area contributed by atoms with Gasteiger partial charge in [-0.05, 0) is 49.0 Å². The number of nitrogens with zero attached hydrogens (tertiary/aromatic N) is 3. The first kappa shape index (κ1) is 20.8. The number of anilines is 3. The molecule has 0 aliphatic carbocycles. The molecule has 0 saturated carbocycles. The lowest BCUT2D eigenvalue weighted by Crippen LogP contribution is -2.30. The van der Waals surface area contributed by atoms with E-state index in [1.165, 1.54) is 0 Å². The van der Waals surface area contributed by atoms with E-state index in [1.807, 2.05) is 30.0 Å². The van der Waals surface area contributed by atoms with Crippen molar-refractivity contribution in [2.24, 2.45) is 5.73 Å². The molecule has 0 saturated heterocycles. The summed E-state index contributed by atoms with van der Waals surface area (Å²) < 4.78 is 0. The highest BCUT2D eigenvalue weighted by molar-refractivity contribution is 6.58. The number of hydrogen-bond donors (Lipinski definition) is 4. The summed E-state index contributed by atoms with van der Waals surface area (Å²) in [5.41, 5.74) is 10.1. The number of fused-ring (bicyclic) bond motifs is 1. The van der Waals surface area contributed by atoms with Crippen molar-refractivity contribution >= 4 is 35.9 Å². The third-order valence-corrected chi connectivity index (χ3v) is 5.50. The summed E-state index contributed by atoms with van der Waals surface area (Å²) >= 11 is 0. The molecule has 8 nitrogen and oxygen atoms in total. The summed E-state index contributed by atoms with van der Waals surface area (Å²) in [7, 11) is -1.51. The normalized spacial score (nSPS) is 15.0. The maximum atomic E-state index is 11.8. The number of carbonyl (C=O) groups excluding carboxylic acids is 1. The highest BCUT2D eigenvalue weighted by atomic mass is 16.4. The van der Waals surface area contributed by atoms with E-state index >= 15 is 0 Å². The zero-order valence-electron chi connectivity index (χ0n) is 17.4. The fourth-order valence-electron chi connectivity index (χ4n) is 3.95. The van der Waals surface area contributed by atoms with E-state index in [2.05, 4.69) is 17.2 Å². The number of benzene rings is 2. The number of aryl methyl sites for hydroxylation is 1. The summed E-state index contributed by atoms with van der Waals surface area (Å²) in [6, 6.07) is 12.7. The third kappa shape index (κ3) is 4.10. The lowest BCUT2D eigenvalue weighted by Gasteiger charge is -2.23. The molecular formula is C22H24BN5O3. The highest BCUT2D eigenvalue weighted by Crippen LogP contribution is 2.38. The van der Waals surface area contributed by atoms with Crippen molar-refractivity contribution in [3.63, 3.8) is 0 Å². The van der Waals surface area contributed by atoms with E-state index in [-0.39, 0.29) is 6.04 Å². The number of nitrogens with two attached hydrogens (primary N) is 1.